The van der Waals surface area contributed by atoms with E-state index in [-0.39, 0.29) is 12.3 Å². The summed E-state index contributed by atoms with van der Waals surface area (Å²) in [5.74, 6) is 0.217. The van der Waals surface area contributed by atoms with Crippen molar-refractivity contribution in [3.63, 3.8) is 0 Å². The van der Waals surface area contributed by atoms with Crippen molar-refractivity contribution in [1.82, 2.24) is 10.0 Å². The second kappa shape index (κ2) is 7.56. The lowest BCUT2D eigenvalue weighted by Gasteiger charge is -2.35. The van der Waals surface area contributed by atoms with Crippen LogP contribution in [0.1, 0.15) is 52.9 Å². The molecule has 0 aromatic rings. The summed E-state index contributed by atoms with van der Waals surface area (Å²) in [6, 6.07) is -0.826. The van der Waals surface area contributed by atoms with Crippen molar-refractivity contribution in [1.29, 1.82) is 0 Å². The zero-order chi connectivity index (χ0) is 16.1. The quantitative estimate of drug-likeness (QED) is 0.645. The van der Waals surface area contributed by atoms with Gasteiger partial charge in [0.2, 0.25) is 15.9 Å². The molecule has 3 N–H and O–H groups in total. The summed E-state index contributed by atoms with van der Waals surface area (Å²) < 4.78 is 25.6. The van der Waals surface area contributed by atoms with E-state index >= 15 is 0 Å². The molecule has 1 fully saturated rings. The Morgan fingerprint density at radius 2 is 1.95 bits per heavy atom. The molecule has 0 radical (unpaired) electrons. The van der Waals surface area contributed by atoms with Gasteiger partial charge < -0.3 is 10.4 Å². The number of carbonyl (C=O) groups excluding carboxylic acids is 1. The zero-order valence-electron chi connectivity index (χ0n) is 13.2. The maximum absolute atomic E-state index is 11.9. The summed E-state index contributed by atoms with van der Waals surface area (Å²) in [6.45, 7) is 5.61. The van der Waals surface area contributed by atoms with E-state index in [1.807, 2.05) is 0 Å². The van der Waals surface area contributed by atoms with Crippen LogP contribution in [0.5, 0.6) is 0 Å². The SMILES string of the molecule is CCCS(=O)(=O)NC(C)C(=O)NCC1(O)CCC(C)CC1. The van der Waals surface area contributed by atoms with E-state index in [2.05, 4.69) is 17.0 Å². The van der Waals surface area contributed by atoms with Crippen LogP contribution in [-0.2, 0) is 14.8 Å². The van der Waals surface area contributed by atoms with Crippen LogP contribution in [0.4, 0.5) is 0 Å². The second-order valence-electron chi connectivity index (χ2n) is 6.28. The molecule has 0 aromatic heterocycles. The average molecular weight is 320 g/mol. The van der Waals surface area contributed by atoms with Crippen molar-refractivity contribution in [3.8, 4) is 0 Å². The maximum Gasteiger partial charge on any atom is 0.237 e. The highest BCUT2D eigenvalue weighted by Gasteiger charge is 2.32. The molecule has 0 bridgehead atoms. The Labute approximate surface area is 127 Å². The Morgan fingerprint density at radius 3 is 2.48 bits per heavy atom. The number of hydrogen-bond donors (Lipinski definition) is 3. The van der Waals surface area contributed by atoms with E-state index in [0.717, 1.165) is 12.8 Å². The number of rotatable bonds is 7. The smallest absolute Gasteiger partial charge is 0.237 e. The minimum atomic E-state index is -3.41. The highest BCUT2D eigenvalue weighted by Crippen LogP contribution is 2.31. The molecule has 21 heavy (non-hydrogen) atoms. The Kier molecular flexibility index (Phi) is 6.62. The molecule has 1 rings (SSSR count). The van der Waals surface area contributed by atoms with Crippen LogP contribution in [0.15, 0.2) is 0 Å². The number of carbonyl (C=O) groups is 1. The van der Waals surface area contributed by atoms with E-state index in [4.69, 9.17) is 0 Å². The summed E-state index contributed by atoms with van der Waals surface area (Å²) in [4.78, 5) is 11.9. The van der Waals surface area contributed by atoms with Gasteiger partial charge in [0.25, 0.3) is 0 Å². The number of aliphatic hydroxyl groups is 1. The zero-order valence-corrected chi connectivity index (χ0v) is 14.0. The van der Waals surface area contributed by atoms with Crippen LogP contribution in [0.25, 0.3) is 0 Å². The lowest BCUT2D eigenvalue weighted by Crippen LogP contribution is -2.51. The Morgan fingerprint density at radius 1 is 1.38 bits per heavy atom. The molecule has 1 atom stereocenters. The van der Waals surface area contributed by atoms with Gasteiger partial charge in [-0.05, 0) is 44.9 Å². The molecule has 7 heteroatoms. The molecule has 0 spiro atoms. The number of hydrogen-bond acceptors (Lipinski definition) is 4. The first-order valence-electron chi connectivity index (χ1n) is 7.67. The van der Waals surface area contributed by atoms with Crippen molar-refractivity contribution in [2.24, 2.45) is 5.92 Å². The van der Waals surface area contributed by atoms with Gasteiger partial charge in [-0.1, -0.05) is 13.8 Å². The second-order valence-corrected chi connectivity index (χ2v) is 8.16. The molecule has 1 saturated carbocycles. The predicted octanol–water partition coefficient (Wildman–Crippen LogP) is 0.762. The van der Waals surface area contributed by atoms with Gasteiger partial charge in [-0.25, -0.2) is 13.1 Å². The molecular formula is C14H28N2O4S. The van der Waals surface area contributed by atoms with Crippen molar-refractivity contribution in [2.45, 2.75) is 64.5 Å². The summed E-state index contributed by atoms with van der Waals surface area (Å²) in [6.07, 6.45) is 3.74. The molecule has 1 aliphatic carbocycles. The Bertz CT molecular complexity index is 442. The van der Waals surface area contributed by atoms with E-state index < -0.39 is 27.6 Å². The van der Waals surface area contributed by atoms with Gasteiger partial charge in [-0.2, -0.15) is 0 Å². The lowest BCUT2D eigenvalue weighted by atomic mass is 9.79. The lowest BCUT2D eigenvalue weighted by molar-refractivity contribution is -0.124. The van der Waals surface area contributed by atoms with Gasteiger partial charge in [-0.15, -0.1) is 0 Å². The van der Waals surface area contributed by atoms with Crippen molar-refractivity contribution in [2.75, 3.05) is 12.3 Å². The summed E-state index contributed by atoms with van der Waals surface area (Å²) in [5.41, 5.74) is -0.857. The molecular weight excluding hydrogens is 292 g/mol. The fourth-order valence-electron chi connectivity index (χ4n) is 2.53. The van der Waals surface area contributed by atoms with Crippen molar-refractivity contribution in [3.05, 3.63) is 0 Å². The standard InChI is InChI=1S/C14H28N2O4S/c1-4-9-21(19,20)16-12(3)13(17)15-10-14(18)7-5-11(2)6-8-14/h11-12,16,18H,4-10H2,1-3H3,(H,15,17). The molecule has 0 heterocycles. The monoisotopic (exact) mass is 320 g/mol. The maximum atomic E-state index is 11.9. The summed E-state index contributed by atoms with van der Waals surface area (Å²) >= 11 is 0. The predicted molar refractivity (Wildman–Crippen MR) is 82.3 cm³/mol. The molecule has 0 saturated heterocycles. The van der Waals surface area contributed by atoms with Crippen LogP contribution in [0.2, 0.25) is 0 Å². The van der Waals surface area contributed by atoms with Crippen molar-refractivity contribution >= 4 is 15.9 Å². The van der Waals surface area contributed by atoms with E-state index in [1.165, 1.54) is 6.92 Å². The number of nitrogens with one attached hydrogen (secondary N) is 2. The van der Waals surface area contributed by atoms with Crippen LogP contribution in [-0.4, -0.2) is 43.4 Å². The van der Waals surface area contributed by atoms with E-state index in [1.54, 1.807) is 6.92 Å². The first-order valence-corrected chi connectivity index (χ1v) is 9.33. The van der Waals surface area contributed by atoms with Gasteiger partial charge in [0, 0.05) is 6.54 Å². The third-order valence-electron chi connectivity index (χ3n) is 4.02. The van der Waals surface area contributed by atoms with Crippen LogP contribution in [0.3, 0.4) is 0 Å². The first-order chi connectivity index (χ1) is 9.67. The fourth-order valence-corrected chi connectivity index (χ4v) is 3.83. The summed E-state index contributed by atoms with van der Waals surface area (Å²) in [5, 5.41) is 13.0. The molecule has 124 valence electrons. The van der Waals surface area contributed by atoms with Gasteiger partial charge in [-0.3, -0.25) is 4.79 Å². The molecule has 1 amide bonds. The molecule has 0 aliphatic heterocycles. The Balaban J connectivity index is 2.43. The van der Waals surface area contributed by atoms with Crippen LogP contribution in [0, 0.1) is 5.92 Å². The largest absolute Gasteiger partial charge is 0.388 e. The van der Waals surface area contributed by atoms with Crippen molar-refractivity contribution < 1.29 is 18.3 Å². The van der Waals surface area contributed by atoms with Crippen LogP contribution < -0.4 is 10.0 Å². The molecule has 0 aromatic carbocycles. The Hall–Kier alpha value is -0.660. The van der Waals surface area contributed by atoms with Gasteiger partial charge >= 0.3 is 0 Å². The van der Waals surface area contributed by atoms with E-state index in [0.29, 0.717) is 25.2 Å². The topological polar surface area (TPSA) is 95.5 Å². The average Bonchev–Trinajstić information content (AvgIpc) is 2.39. The number of sulfonamides is 1. The van der Waals surface area contributed by atoms with Gasteiger partial charge in [0.15, 0.2) is 0 Å². The molecule has 1 aliphatic rings. The van der Waals surface area contributed by atoms with Crippen LogP contribution >= 0.6 is 0 Å². The van der Waals surface area contributed by atoms with Gasteiger partial charge in [0.1, 0.15) is 0 Å². The minimum Gasteiger partial charge on any atom is -0.388 e. The normalized spacial score (nSPS) is 28.1. The third-order valence-corrected chi connectivity index (χ3v) is 5.68. The third kappa shape index (κ3) is 6.32. The highest BCUT2D eigenvalue weighted by atomic mass is 32.2. The molecule has 6 nitrogen and oxygen atoms in total. The fraction of sp³-hybridized carbons (Fsp3) is 0.929. The first kappa shape index (κ1) is 18.4. The van der Waals surface area contributed by atoms with E-state index in [9.17, 15) is 18.3 Å². The number of amides is 1. The minimum absolute atomic E-state index is 0.00639. The molecule has 1 unspecified atom stereocenters. The highest BCUT2D eigenvalue weighted by molar-refractivity contribution is 7.89. The summed E-state index contributed by atoms with van der Waals surface area (Å²) in [7, 11) is -3.41. The van der Waals surface area contributed by atoms with Gasteiger partial charge in [0.05, 0.1) is 17.4 Å².